The Hall–Kier alpha value is -2.14. The molecular formula is C2H4FeN6O6. The van der Waals surface area contributed by atoms with Gasteiger partial charge in [0.2, 0.25) is 0 Å². The number of nitrogen functional groups attached to an aromatic ring is 1. The van der Waals surface area contributed by atoms with E-state index in [0.717, 1.165) is 0 Å². The van der Waals surface area contributed by atoms with Crippen LogP contribution in [0.4, 0.5) is 0 Å². The number of hydrogen-bond acceptors (Lipinski definition) is 9. The van der Waals surface area contributed by atoms with E-state index in [9.17, 15) is 0 Å². The Bertz CT molecular complexity index is 243. The predicted octanol–water partition coefficient (Wildman–Crippen LogP) is -1.49. The van der Waals surface area contributed by atoms with E-state index in [4.69, 9.17) is 36.5 Å². The van der Waals surface area contributed by atoms with Crippen LogP contribution in [0.2, 0.25) is 0 Å². The van der Waals surface area contributed by atoms with E-state index in [2.05, 4.69) is 10.2 Å². The Morgan fingerprint density at radius 3 is 1.27 bits per heavy atom. The fraction of sp³-hybridized carbons (Fsp3) is 0. The Morgan fingerprint density at radius 1 is 1.00 bits per heavy atom. The number of aromatic nitrogens is 3. The fourth-order valence-corrected chi connectivity index (χ4v) is 0.209. The number of nitrogens with zero attached hydrogens (tertiary/aromatic N) is 5. The maximum absolute atomic E-state index is 8.25. The first-order valence-electron chi connectivity index (χ1n) is 2.59. The molecule has 0 aliphatic rings. The van der Waals surface area contributed by atoms with Crippen LogP contribution in [0.1, 0.15) is 0 Å². The van der Waals surface area contributed by atoms with E-state index in [0.29, 0.717) is 0 Å². The monoisotopic (exact) mass is 264 g/mol. The van der Waals surface area contributed by atoms with E-state index in [1.54, 1.807) is 0 Å². The Balaban J connectivity index is -0.000000145. The molecular weight excluding hydrogens is 260 g/mol. The average molecular weight is 264 g/mol. The van der Waals surface area contributed by atoms with Crippen LogP contribution in [-0.4, -0.2) is 25.0 Å². The largest absolute Gasteiger partial charge is 2.00 e. The van der Waals surface area contributed by atoms with Crippen LogP contribution in [-0.2, 0) is 17.1 Å². The second kappa shape index (κ2) is 11.9. The van der Waals surface area contributed by atoms with Crippen molar-refractivity contribution in [1.82, 2.24) is 14.9 Å². The Labute approximate surface area is 92.0 Å². The van der Waals surface area contributed by atoms with Gasteiger partial charge in [-0.05, 0) is 0 Å². The zero-order valence-corrected chi connectivity index (χ0v) is 7.88. The van der Waals surface area contributed by atoms with Crippen LogP contribution >= 0.6 is 0 Å². The van der Waals surface area contributed by atoms with Crippen molar-refractivity contribution in [2.45, 2.75) is 0 Å². The molecule has 0 saturated heterocycles. The van der Waals surface area contributed by atoms with E-state index in [1.165, 1.54) is 17.3 Å². The summed E-state index contributed by atoms with van der Waals surface area (Å²) in [6, 6.07) is 0. The molecule has 1 aromatic heterocycles. The third-order valence-corrected chi connectivity index (χ3v) is 0.437. The van der Waals surface area contributed by atoms with Gasteiger partial charge in [-0.3, -0.25) is 0 Å². The summed E-state index contributed by atoms with van der Waals surface area (Å²) < 4.78 is 1.28. The first-order valence-corrected chi connectivity index (χ1v) is 2.59. The molecule has 0 amide bonds. The van der Waals surface area contributed by atoms with Crippen molar-refractivity contribution in [2.75, 3.05) is 5.84 Å². The minimum absolute atomic E-state index is 0. The quantitative estimate of drug-likeness (QED) is 0.251. The van der Waals surface area contributed by atoms with Crippen molar-refractivity contribution >= 4 is 0 Å². The van der Waals surface area contributed by atoms with Gasteiger partial charge in [0.1, 0.15) is 12.7 Å². The molecule has 0 saturated carbocycles. The summed E-state index contributed by atoms with van der Waals surface area (Å²) in [6.07, 6.45) is 2.83. The predicted molar refractivity (Wildman–Crippen MR) is 40.9 cm³/mol. The standard InChI is InChI=1S/C2H4N4.Fe.2NO3/c3-6-1-4-5-2-6;;2*2-1(3)4/h1-2H,3H2;;;/q;+2;2*-1. The van der Waals surface area contributed by atoms with Gasteiger partial charge in [0, 0.05) is 0 Å². The van der Waals surface area contributed by atoms with E-state index >= 15 is 0 Å². The van der Waals surface area contributed by atoms with Gasteiger partial charge in [-0.15, -0.1) is 10.2 Å². The minimum Gasteiger partial charge on any atom is -0.356 e. The summed E-state index contributed by atoms with van der Waals surface area (Å²) in [5.41, 5.74) is 0. The summed E-state index contributed by atoms with van der Waals surface area (Å²) in [7, 11) is 0. The molecule has 86 valence electrons. The van der Waals surface area contributed by atoms with Gasteiger partial charge in [0.05, 0.1) is 10.2 Å². The number of hydrogen-bond donors (Lipinski definition) is 1. The van der Waals surface area contributed by atoms with Crippen LogP contribution in [0.5, 0.6) is 0 Å². The molecule has 0 fully saturated rings. The van der Waals surface area contributed by atoms with Crippen molar-refractivity contribution in [3.8, 4) is 0 Å². The first kappa shape index (κ1) is 18.6. The van der Waals surface area contributed by atoms with E-state index < -0.39 is 10.2 Å². The maximum atomic E-state index is 8.25. The minimum atomic E-state index is -1.75. The van der Waals surface area contributed by atoms with Crippen LogP contribution < -0.4 is 5.84 Å². The second-order valence-electron chi connectivity index (χ2n) is 1.36. The van der Waals surface area contributed by atoms with Crippen LogP contribution in [0.25, 0.3) is 0 Å². The molecule has 12 nitrogen and oxygen atoms in total. The molecule has 1 rings (SSSR count). The second-order valence-corrected chi connectivity index (χ2v) is 1.36. The summed E-state index contributed by atoms with van der Waals surface area (Å²) in [4.78, 5) is 16.5. The molecule has 2 N–H and O–H groups in total. The van der Waals surface area contributed by atoms with Gasteiger partial charge in [-0.2, -0.15) is 0 Å². The molecule has 0 bridgehead atoms. The molecule has 1 heterocycles. The van der Waals surface area contributed by atoms with Gasteiger partial charge in [-0.25, -0.2) is 4.68 Å². The average Bonchev–Trinajstić information content (AvgIpc) is 2.36. The fourth-order valence-electron chi connectivity index (χ4n) is 0.209. The Morgan fingerprint density at radius 2 is 1.20 bits per heavy atom. The Kier molecular flexibility index (Phi) is 14.7. The van der Waals surface area contributed by atoms with E-state index in [-0.39, 0.29) is 17.1 Å². The van der Waals surface area contributed by atoms with Crippen molar-refractivity contribution in [1.29, 1.82) is 0 Å². The molecule has 0 atom stereocenters. The molecule has 0 radical (unpaired) electrons. The normalized spacial score (nSPS) is 6.67. The van der Waals surface area contributed by atoms with Crippen molar-refractivity contribution in [3.05, 3.63) is 43.3 Å². The first-order chi connectivity index (χ1) is 6.36. The molecule has 0 unspecified atom stereocenters. The number of nitrogens with two attached hydrogens (primary N) is 1. The van der Waals surface area contributed by atoms with Crippen LogP contribution in [0.3, 0.4) is 0 Å². The van der Waals surface area contributed by atoms with Crippen molar-refractivity contribution in [3.63, 3.8) is 0 Å². The van der Waals surface area contributed by atoms with Gasteiger partial charge < -0.3 is 36.5 Å². The van der Waals surface area contributed by atoms with Crippen LogP contribution in [0.15, 0.2) is 12.7 Å². The SMILES string of the molecule is Nn1cnnc1.O=[N+]([O-])[O-].O=[N+]([O-])[O-].[Fe+2]. The molecule has 0 spiro atoms. The molecule has 0 aliphatic carbocycles. The number of rotatable bonds is 0. The van der Waals surface area contributed by atoms with Gasteiger partial charge in [0.25, 0.3) is 0 Å². The van der Waals surface area contributed by atoms with E-state index in [1.807, 2.05) is 0 Å². The topological polar surface area (TPSA) is 189 Å². The van der Waals surface area contributed by atoms with Gasteiger partial charge >= 0.3 is 17.1 Å². The summed E-state index contributed by atoms with van der Waals surface area (Å²) in [6.45, 7) is 0. The maximum Gasteiger partial charge on any atom is 2.00 e. The third kappa shape index (κ3) is 48.8. The molecule has 15 heavy (non-hydrogen) atoms. The molecule has 13 heteroatoms. The van der Waals surface area contributed by atoms with Crippen LogP contribution in [0, 0.1) is 30.6 Å². The van der Waals surface area contributed by atoms with Crippen molar-refractivity contribution in [2.24, 2.45) is 0 Å². The summed E-state index contributed by atoms with van der Waals surface area (Å²) in [5, 5.41) is 36.3. The zero-order valence-electron chi connectivity index (χ0n) is 6.77. The van der Waals surface area contributed by atoms with Crippen molar-refractivity contribution < 1.29 is 27.2 Å². The van der Waals surface area contributed by atoms with Gasteiger partial charge in [-0.1, -0.05) is 0 Å². The van der Waals surface area contributed by atoms with Gasteiger partial charge in [0.15, 0.2) is 0 Å². The molecule has 1 aromatic rings. The summed E-state index contributed by atoms with van der Waals surface area (Å²) in [5.74, 6) is 5.07. The third-order valence-electron chi connectivity index (χ3n) is 0.437. The smallest absolute Gasteiger partial charge is 0.356 e. The zero-order chi connectivity index (χ0) is 11.6. The summed E-state index contributed by atoms with van der Waals surface area (Å²) >= 11 is 0. The molecule has 0 aromatic carbocycles. The molecule has 0 aliphatic heterocycles.